The van der Waals surface area contributed by atoms with E-state index < -0.39 is 6.47 Å². The molecule has 0 bridgehead atoms. The van der Waals surface area contributed by atoms with Gasteiger partial charge in [-0.2, -0.15) is 0 Å². The molecule has 4 rings (SSSR count). The maximum Gasteiger partial charge on any atom is 0.251 e. The highest BCUT2D eigenvalue weighted by atomic mass is 16.5. The van der Waals surface area contributed by atoms with Crippen LogP contribution in [-0.2, 0) is 11.3 Å². The maximum atomic E-state index is 12.5. The zero-order valence-electron chi connectivity index (χ0n) is 18.7. The Morgan fingerprint density at radius 1 is 1.27 bits per heavy atom. The summed E-state index contributed by atoms with van der Waals surface area (Å²) >= 11 is 0. The van der Waals surface area contributed by atoms with Gasteiger partial charge >= 0.3 is 0 Å². The molecule has 1 amide bonds. The lowest BCUT2D eigenvalue weighted by Gasteiger charge is -2.06. The molecule has 0 fully saturated rings. The monoisotopic (exact) mass is 450 g/mol. The zero-order chi connectivity index (χ0) is 23.8. The van der Waals surface area contributed by atoms with Crippen molar-refractivity contribution in [1.82, 2.24) is 19.9 Å². The molecule has 33 heavy (non-hydrogen) atoms. The topological polar surface area (TPSA) is 128 Å². The minimum Gasteiger partial charge on any atom is -0.554 e. The average molecular weight is 450 g/mol. The summed E-state index contributed by atoms with van der Waals surface area (Å²) < 4.78 is 9.30. The molecule has 0 saturated heterocycles. The smallest absolute Gasteiger partial charge is 0.251 e. The Bertz CT molecular complexity index is 1210. The highest BCUT2D eigenvalue weighted by Gasteiger charge is 2.16. The van der Waals surface area contributed by atoms with E-state index in [1.54, 1.807) is 18.3 Å². The molecule has 0 radical (unpaired) electrons. The van der Waals surface area contributed by atoms with Crippen LogP contribution >= 0.6 is 0 Å². The summed E-state index contributed by atoms with van der Waals surface area (Å²) in [5.41, 5.74) is 5.01. The highest BCUT2D eigenvalue weighted by molar-refractivity contribution is 5.95. The van der Waals surface area contributed by atoms with E-state index >= 15 is 0 Å². The SMILES string of the molecule is CNc1cc[n+](CCCNC(=O)c2ccn3c(-c4c(C)noc4C)cnc3c2)cc1.O=C[O-]. The summed E-state index contributed by atoms with van der Waals surface area (Å²) in [4.78, 5) is 25.2. The number of anilines is 1. The van der Waals surface area contributed by atoms with Crippen molar-refractivity contribution in [2.75, 3.05) is 18.9 Å². The number of nitrogens with one attached hydrogen (secondary N) is 2. The molecule has 4 heterocycles. The Kier molecular flexibility index (Phi) is 7.74. The van der Waals surface area contributed by atoms with Crippen molar-refractivity contribution in [2.45, 2.75) is 26.8 Å². The fourth-order valence-corrected chi connectivity index (χ4v) is 3.49. The van der Waals surface area contributed by atoms with Gasteiger partial charge in [-0.3, -0.25) is 9.20 Å². The van der Waals surface area contributed by atoms with Crippen LogP contribution in [0.1, 0.15) is 28.2 Å². The van der Waals surface area contributed by atoms with Crippen LogP contribution in [0.5, 0.6) is 0 Å². The Morgan fingerprint density at radius 3 is 2.64 bits per heavy atom. The Labute approximate surface area is 190 Å². The minimum absolute atomic E-state index is 0.102. The van der Waals surface area contributed by atoms with E-state index in [0.717, 1.165) is 41.4 Å². The number of amides is 1. The van der Waals surface area contributed by atoms with Gasteiger partial charge in [-0.25, -0.2) is 9.55 Å². The number of pyridine rings is 2. The number of carbonyl (C=O) groups excluding carboxylic acids is 2. The fraction of sp³-hybridized carbons (Fsp3) is 0.261. The second-order valence-corrected chi connectivity index (χ2v) is 7.27. The van der Waals surface area contributed by atoms with Crippen molar-refractivity contribution in [3.8, 4) is 11.3 Å². The third kappa shape index (κ3) is 5.53. The molecular formula is C23H26N6O4. The van der Waals surface area contributed by atoms with Crippen molar-refractivity contribution in [2.24, 2.45) is 0 Å². The normalized spacial score (nSPS) is 10.4. The van der Waals surface area contributed by atoms with Crippen LogP contribution in [0.15, 0.2) is 53.6 Å². The Morgan fingerprint density at radius 2 is 2.00 bits per heavy atom. The first kappa shape index (κ1) is 23.5. The molecule has 0 unspecified atom stereocenters. The van der Waals surface area contributed by atoms with Crippen LogP contribution in [-0.4, -0.2) is 40.5 Å². The number of carboxylic acid groups (broad SMARTS) is 1. The van der Waals surface area contributed by atoms with Crippen LogP contribution in [0.4, 0.5) is 5.69 Å². The van der Waals surface area contributed by atoms with Crippen LogP contribution in [0.25, 0.3) is 16.9 Å². The average Bonchev–Trinajstić information content (AvgIpc) is 3.38. The third-order valence-electron chi connectivity index (χ3n) is 5.12. The molecule has 0 spiro atoms. The van der Waals surface area contributed by atoms with Crippen molar-refractivity contribution in [1.29, 1.82) is 0 Å². The van der Waals surface area contributed by atoms with E-state index in [9.17, 15) is 4.79 Å². The van der Waals surface area contributed by atoms with Crippen LogP contribution < -0.4 is 20.3 Å². The predicted molar refractivity (Wildman–Crippen MR) is 119 cm³/mol. The van der Waals surface area contributed by atoms with Gasteiger partial charge < -0.3 is 25.1 Å². The summed E-state index contributed by atoms with van der Waals surface area (Å²) in [6.07, 6.45) is 8.53. The van der Waals surface area contributed by atoms with Crippen molar-refractivity contribution in [3.05, 3.63) is 66.1 Å². The number of fused-ring (bicyclic) bond motifs is 1. The molecule has 0 aliphatic heterocycles. The largest absolute Gasteiger partial charge is 0.554 e. The summed E-state index contributed by atoms with van der Waals surface area (Å²) in [5.74, 6) is 0.643. The van der Waals surface area contributed by atoms with Crippen molar-refractivity contribution in [3.63, 3.8) is 0 Å². The Hall–Kier alpha value is -4.21. The van der Waals surface area contributed by atoms with Gasteiger partial charge in [0.15, 0.2) is 12.4 Å². The van der Waals surface area contributed by atoms with E-state index in [2.05, 4.69) is 25.3 Å². The number of rotatable bonds is 7. The lowest BCUT2D eigenvalue weighted by molar-refractivity contribution is -0.697. The summed E-state index contributed by atoms with van der Waals surface area (Å²) in [7, 11) is 1.90. The van der Waals surface area contributed by atoms with Gasteiger partial charge in [-0.15, -0.1) is 0 Å². The van der Waals surface area contributed by atoms with Gasteiger partial charge in [0.2, 0.25) is 0 Å². The van der Waals surface area contributed by atoms with Gasteiger partial charge in [0, 0.05) is 56.1 Å². The molecule has 172 valence electrons. The highest BCUT2D eigenvalue weighted by Crippen LogP contribution is 2.27. The molecule has 10 heteroatoms. The number of aryl methyl sites for hydroxylation is 3. The van der Waals surface area contributed by atoms with Crippen LogP contribution in [0.2, 0.25) is 0 Å². The summed E-state index contributed by atoms with van der Waals surface area (Å²) in [6.45, 7) is 4.72. The van der Waals surface area contributed by atoms with Gasteiger partial charge in [-0.1, -0.05) is 5.16 Å². The fourth-order valence-electron chi connectivity index (χ4n) is 3.49. The first-order valence-electron chi connectivity index (χ1n) is 10.4. The molecule has 0 atom stereocenters. The molecule has 0 aromatic carbocycles. The number of hydrogen-bond donors (Lipinski definition) is 2. The zero-order valence-corrected chi connectivity index (χ0v) is 18.7. The van der Waals surface area contributed by atoms with E-state index in [4.69, 9.17) is 14.4 Å². The van der Waals surface area contributed by atoms with E-state index in [0.29, 0.717) is 17.8 Å². The number of aromatic nitrogens is 4. The van der Waals surface area contributed by atoms with Crippen molar-refractivity contribution >= 4 is 23.7 Å². The number of imidazole rings is 1. The lowest BCUT2D eigenvalue weighted by Crippen LogP contribution is -2.35. The van der Waals surface area contributed by atoms with Gasteiger partial charge in [-0.05, 0) is 26.0 Å². The summed E-state index contributed by atoms with van der Waals surface area (Å²) in [6, 6.07) is 7.64. The van der Waals surface area contributed by atoms with Gasteiger partial charge in [0.1, 0.15) is 18.0 Å². The van der Waals surface area contributed by atoms with E-state index in [1.165, 1.54) is 0 Å². The Balaban J connectivity index is 0.000000968. The lowest BCUT2D eigenvalue weighted by atomic mass is 10.1. The van der Waals surface area contributed by atoms with Crippen LogP contribution in [0, 0.1) is 13.8 Å². The number of nitrogens with zero attached hydrogens (tertiary/aromatic N) is 4. The standard InChI is InChI=1S/C22H24N6O2.CH2O2/c1-15-21(16(2)30-26-15)19-14-25-20-13-17(5-12-28(19)20)22(29)24-8-4-9-27-10-6-18(23-3)7-11-27;2-1-3/h5-7,10-14H,4,8-9H2,1-3H3,(H,24,29);1H,(H,2,3). The maximum absolute atomic E-state index is 12.5. The second-order valence-electron chi connectivity index (χ2n) is 7.27. The molecule has 4 aromatic heterocycles. The molecule has 4 aromatic rings. The third-order valence-corrected chi connectivity index (χ3v) is 5.12. The first-order valence-corrected chi connectivity index (χ1v) is 10.4. The van der Waals surface area contributed by atoms with Gasteiger partial charge in [0.05, 0.1) is 23.1 Å². The minimum atomic E-state index is -0.500. The molecule has 2 N–H and O–H groups in total. The van der Waals surface area contributed by atoms with Crippen LogP contribution in [0.3, 0.4) is 0 Å². The molecule has 10 nitrogen and oxygen atoms in total. The molecule has 0 aliphatic carbocycles. The first-order chi connectivity index (χ1) is 16.0. The van der Waals surface area contributed by atoms with Gasteiger partial charge in [0.25, 0.3) is 5.91 Å². The van der Waals surface area contributed by atoms with E-state index in [1.807, 2.05) is 56.0 Å². The molecule has 0 aliphatic rings. The second kappa shape index (κ2) is 10.9. The quantitative estimate of drug-likeness (QED) is 0.245. The molecular weight excluding hydrogens is 424 g/mol. The number of hydrogen-bond acceptors (Lipinski definition) is 7. The van der Waals surface area contributed by atoms with Crippen molar-refractivity contribution < 1.29 is 23.8 Å². The number of carbonyl (C=O) groups is 2. The summed E-state index contributed by atoms with van der Waals surface area (Å²) in [5, 5.41) is 18.3. The molecule has 0 saturated carbocycles. The predicted octanol–water partition coefficient (Wildman–Crippen LogP) is 1.12. The van der Waals surface area contributed by atoms with E-state index in [-0.39, 0.29) is 5.91 Å².